The van der Waals surface area contributed by atoms with E-state index < -0.39 is 0 Å². The standard InChI is InChI=1S/C39H24N2/c1-3-11-25(12-4-1)34-24-29-15-7-8-19-31(29)39-37(26-13-5-2-6-14-26)38(40-41(34)39)33-23-30-18-9-16-27-21-22-28-17-10-20-32(33)36(28)35(27)30/h1-24H. The Morgan fingerprint density at radius 1 is 0.439 bits per heavy atom. The van der Waals surface area contributed by atoms with Crippen molar-refractivity contribution in [3.05, 3.63) is 146 Å². The second-order valence-corrected chi connectivity index (χ2v) is 10.8. The van der Waals surface area contributed by atoms with Crippen LogP contribution in [-0.4, -0.2) is 9.61 Å². The summed E-state index contributed by atoms with van der Waals surface area (Å²) in [5.74, 6) is 0. The first kappa shape index (κ1) is 22.4. The molecule has 0 fully saturated rings. The lowest BCUT2D eigenvalue weighted by atomic mass is 9.88. The van der Waals surface area contributed by atoms with E-state index in [4.69, 9.17) is 5.10 Å². The maximum Gasteiger partial charge on any atom is 0.102 e. The summed E-state index contributed by atoms with van der Waals surface area (Å²) in [6.07, 6.45) is 0. The van der Waals surface area contributed by atoms with Gasteiger partial charge in [0.25, 0.3) is 0 Å². The van der Waals surface area contributed by atoms with Crippen LogP contribution in [0.15, 0.2) is 146 Å². The third kappa shape index (κ3) is 3.22. The van der Waals surface area contributed by atoms with Gasteiger partial charge in [-0.15, -0.1) is 0 Å². The molecular weight excluding hydrogens is 496 g/mol. The van der Waals surface area contributed by atoms with Crippen molar-refractivity contribution in [3.63, 3.8) is 0 Å². The van der Waals surface area contributed by atoms with Crippen molar-refractivity contribution in [3.8, 4) is 33.6 Å². The van der Waals surface area contributed by atoms with Gasteiger partial charge in [0.15, 0.2) is 0 Å². The summed E-state index contributed by atoms with van der Waals surface area (Å²) in [6.45, 7) is 0. The Kier molecular flexibility index (Phi) is 4.64. The molecule has 0 aliphatic heterocycles. The molecule has 2 aromatic heterocycles. The SMILES string of the molecule is c1ccc(-c2c(-c3cc4cccc5ccc6cccc3c6c54)nn3c(-c4ccccc4)cc4ccccc4c23)cc1. The number of nitrogens with zero attached hydrogens (tertiary/aromatic N) is 2. The summed E-state index contributed by atoms with van der Waals surface area (Å²) in [6, 6.07) is 52.4. The van der Waals surface area contributed by atoms with Crippen LogP contribution >= 0.6 is 0 Å². The van der Waals surface area contributed by atoms with Crippen LogP contribution in [0.1, 0.15) is 0 Å². The predicted octanol–water partition coefficient (Wildman–Crippen LogP) is 10.4. The molecule has 190 valence electrons. The first-order chi connectivity index (χ1) is 20.3. The molecule has 0 bridgehead atoms. The summed E-state index contributed by atoms with van der Waals surface area (Å²) in [7, 11) is 0. The maximum absolute atomic E-state index is 5.51. The molecule has 0 radical (unpaired) electrons. The summed E-state index contributed by atoms with van der Waals surface area (Å²) >= 11 is 0. The Bertz CT molecular complexity index is 2400. The van der Waals surface area contributed by atoms with E-state index in [1.165, 1.54) is 43.1 Å². The lowest BCUT2D eigenvalue weighted by Crippen LogP contribution is -1.95. The van der Waals surface area contributed by atoms with Gasteiger partial charge < -0.3 is 0 Å². The van der Waals surface area contributed by atoms with Crippen molar-refractivity contribution in [1.82, 2.24) is 9.61 Å². The number of pyridine rings is 1. The zero-order valence-corrected chi connectivity index (χ0v) is 22.3. The highest BCUT2D eigenvalue weighted by Crippen LogP contribution is 2.45. The highest BCUT2D eigenvalue weighted by atomic mass is 15.2. The average molecular weight is 521 g/mol. The van der Waals surface area contributed by atoms with Gasteiger partial charge in [-0.25, -0.2) is 4.52 Å². The van der Waals surface area contributed by atoms with Crippen LogP contribution in [0.3, 0.4) is 0 Å². The van der Waals surface area contributed by atoms with E-state index in [1.54, 1.807) is 0 Å². The van der Waals surface area contributed by atoms with Gasteiger partial charge in [0.05, 0.1) is 11.2 Å². The third-order valence-corrected chi connectivity index (χ3v) is 8.52. The first-order valence-electron chi connectivity index (χ1n) is 14.1. The number of hydrogen-bond donors (Lipinski definition) is 0. The Morgan fingerprint density at radius 2 is 1.05 bits per heavy atom. The summed E-state index contributed by atoms with van der Waals surface area (Å²) in [5, 5.41) is 15.6. The smallest absolute Gasteiger partial charge is 0.102 e. The van der Waals surface area contributed by atoms with Crippen molar-refractivity contribution in [1.29, 1.82) is 0 Å². The number of rotatable bonds is 3. The van der Waals surface area contributed by atoms with Crippen molar-refractivity contribution >= 4 is 48.6 Å². The minimum absolute atomic E-state index is 1.00. The fraction of sp³-hybridized carbons (Fsp3) is 0. The fourth-order valence-corrected chi connectivity index (χ4v) is 6.73. The van der Waals surface area contributed by atoms with Crippen LogP contribution in [0.2, 0.25) is 0 Å². The van der Waals surface area contributed by atoms with Gasteiger partial charge >= 0.3 is 0 Å². The molecule has 2 heterocycles. The molecule has 0 aliphatic carbocycles. The quantitative estimate of drug-likeness (QED) is 0.212. The lowest BCUT2D eigenvalue weighted by Gasteiger charge is -2.14. The molecule has 0 spiro atoms. The Morgan fingerprint density at radius 3 is 1.85 bits per heavy atom. The lowest BCUT2D eigenvalue weighted by molar-refractivity contribution is 0.980. The predicted molar refractivity (Wildman–Crippen MR) is 173 cm³/mol. The van der Waals surface area contributed by atoms with Crippen LogP contribution < -0.4 is 0 Å². The second kappa shape index (κ2) is 8.51. The van der Waals surface area contributed by atoms with Gasteiger partial charge in [-0.1, -0.05) is 133 Å². The van der Waals surface area contributed by atoms with Crippen LogP contribution in [0.25, 0.3) is 82.2 Å². The van der Waals surface area contributed by atoms with Crippen LogP contribution in [0.4, 0.5) is 0 Å². The normalized spacial score (nSPS) is 11.9. The molecule has 0 amide bonds. The molecule has 0 saturated heterocycles. The molecule has 0 unspecified atom stereocenters. The molecule has 9 rings (SSSR count). The summed E-state index contributed by atoms with van der Waals surface area (Å²) < 4.78 is 2.18. The number of hydrogen-bond acceptors (Lipinski definition) is 1. The van der Waals surface area contributed by atoms with Crippen molar-refractivity contribution in [2.75, 3.05) is 0 Å². The van der Waals surface area contributed by atoms with Crippen molar-refractivity contribution < 1.29 is 0 Å². The van der Waals surface area contributed by atoms with E-state index in [1.807, 2.05) is 0 Å². The zero-order chi connectivity index (χ0) is 26.9. The molecule has 7 aromatic carbocycles. The molecular formula is C39H24N2. The van der Waals surface area contributed by atoms with Crippen molar-refractivity contribution in [2.45, 2.75) is 0 Å². The highest BCUT2D eigenvalue weighted by Gasteiger charge is 2.23. The summed E-state index contributed by atoms with van der Waals surface area (Å²) in [4.78, 5) is 0. The molecule has 0 saturated carbocycles. The Labute approximate surface area is 237 Å². The van der Waals surface area contributed by atoms with Gasteiger partial charge in [0.2, 0.25) is 0 Å². The monoisotopic (exact) mass is 520 g/mol. The van der Waals surface area contributed by atoms with Crippen LogP contribution in [0.5, 0.6) is 0 Å². The average Bonchev–Trinajstić information content (AvgIpc) is 3.45. The maximum atomic E-state index is 5.51. The number of benzene rings is 7. The highest BCUT2D eigenvalue weighted by molar-refractivity contribution is 6.27. The summed E-state index contributed by atoms with van der Waals surface area (Å²) in [5.41, 5.74) is 7.85. The van der Waals surface area contributed by atoms with Crippen molar-refractivity contribution in [2.24, 2.45) is 0 Å². The van der Waals surface area contributed by atoms with E-state index in [0.29, 0.717) is 0 Å². The molecule has 41 heavy (non-hydrogen) atoms. The topological polar surface area (TPSA) is 17.3 Å². The number of aromatic nitrogens is 2. The molecule has 2 heteroatoms. The second-order valence-electron chi connectivity index (χ2n) is 10.8. The molecule has 0 aliphatic rings. The largest absolute Gasteiger partial charge is 0.231 e. The van der Waals surface area contributed by atoms with Gasteiger partial charge in [0.1, 0.15) is 5.69 Å². The van der Waals surface area contributed by atoms with E-state index in [9.17, 15) is 0 Å². The van der Waals surface area contributed by atoms with Crippen LogP contribution in [0, 0.1) is 0 Å². The molecule has 2 nitrogen and oxygen atoms in total. The van der Waals surface area contributed by atoms with E-state index in [-0.39, 0.29) is 0 Å². The van der Waals surface area contributed by atoms with E-state index in [0.717, 1.165) is 39.2 Å². The number of fused-ring (bicyclic) bond motifs is 3. The Hall–Kier alpha value is -5.47. The minimum atomic E-state index is 1.00. The molecule has 0 atom stereocenters. The van der Waals surface area contributed by atoms with Crippen LogP contribution in [-0.2, 0) is 0 Å². The molecule has 0 N–H and O–H groups in total. The van der Waals surface area contributed by atoms with Gasteiger partial charge in [0, 0.05) is 22.1 Å². The molecule has 9 aromatic rings. The third-order valence-electron chi connectivity index (χ3n) is 8.52. The van der Waals surface area contributed by atoms with Gasteiger partial charge in [-0.2, -0.15) is 5.10 Å². The van der Waals surface area contributed by atoms with E-state index >= 15 is 0 Å². The van der Waals surface area contributed by atoms with Gasteiger partial charge in [-0.3, -0.25) is 0 Å². The van der Waals surface area contributed by atoms with Gasteiger partial charge in [-0.05, 0) is 55.4 Å². The Balaban J connectivity index is 1.51. The fourth-order valence-electron chi connectivity index (χ4n) is 6.73. The minimum Gasteiger partial charge on any atom is -0.231 e. The van der Waals surface area contributed by atoms with E-state index in [2.05, 4.69) is 150 Å². The zero-order valence-electron chi connectivity index (χ0n) is 22.3. The first-order valence-corrected chi connectivity index (χ1v) is 14.1.